The summed E-state index contributed by atoms with van der Waals surface area (Å²) in [5.41, 5.74) is 3.21. The number of amides is 1. The van der Waals surface area contributed by atoms with Crippen molar-refractivity contribution in [2.45, 2.75) is 25.0 Å². The highest BCUT2D eigenvalue weighted by molar-refractivity contribution is 5.84. The normalized spacial score (nSPS) is 15.2. The van der Waals surface area contributed by atoms with Gasteiger partial charge in [-0.2, -0.15) is 5.26 Å². The lowest BCUT2D eigenvalue weighted by atomic mass is 9.93. The second-order valence-corrected chi connectivity index (χ2v) is 8.02. The fourth-order valence-corrected chi connectivity index (χ4v) is 4.44. The smallest absolute Gasteiger partial charge is 0.223 e. The van der Waals surface area contributed by atoms with Crippen LogP contribution >= 0.6 is 0 Å². The summed E-state index contributed by atoms with van der Waals surface area (Å²) in [6, 6.07) is 22.6. The number of benzene rings is 2. The van der Waals surface area contributed by atoms with E-state index in [9.17, 15) is 4.79 Å². The highest BCUT2D eigenvalue weighted by Crippen LogP contribution is 2.41. The molecule has 33 heavy (non-hydrogen) atoms. The van der Waals surface area contributed by atoms with E-state index in [0.717, 1.165) is 28.5 Å². The Morgan fingerprint density at radius 3 is 2.55 bits per heavy atom. The number of carbonyl (C=O) groups is 1. The van der Waals surface area contributed by atoms with Gasteiger partial charge in [-0.1, -0.05) is 30.3 Å². The molecule has 0 aliphatic carbocycles. The van der Waals surface area contributed by atoms with Crippen molar-refractivity contribution in [2.75, 3.05) is 6.54 Å². The molecule has 1 fully saturated rings. The number of likely N-dealkylation sites (tertiary alicyclic amines) is 1. The van der Waals surface area contributed by atoms with Crippen LogP contribution in [0.15, 0.2) is 85.3 Å². The lowest BCUT2D eigenvalue weighted by Gasteiger charge is -2.35. The second kappa shape index (κ2) is 9.09. The van der Waals surface area contributed by atoms with Crippen LogP contribution in [0.5, 0.6) is 5.75 Å². The van der Waals surface area contributed by atoms with Crippen molar-refractivity contribution in [1.29, 1.82) is 5.26 Å². The van der Waals surface area contributed by atoms with E-state index >= 15 is 0 Å². The SMILES string of the molecule is N#Cc1ccc(O[C@@H](c2cccnc2)[C@@H](c2cccc3cccnc23)N2CCCC2=O)cc1. The zero-order valence-electron chi connectivity index (χ0n) is 18.0. The first-order valence-electron chi connectivity index (χ1n) is 10.9. The van der Waals surface area contributed by atoms with E-state index in [0.29, 0.717) is 24.3 Å². The van der Waals surface area contributed by atoms with Gasteiger partial charge in [0.05, 0.1) is 17.1 Å². The topological polar surface area (TPSA) is 79.1 Å². The largest absolute Gasteiger partial charge is 0.483 e. The van der Waals surface area contributed by atoms with Gasteiger partial charge in [0.2, 0.25) is 5.91 Å². The number of nitrogens with zero attached hydrogens (tertiary/aromatic N) is 4. The van der Waals surface area contributed by atoms with E-state index in [4.69, 9.17) is 10.00 Å². The van der Waals surface area contributed by atoms with Crippen LogP contribution < -0.4 is 4.74 Å². The molecule has 0 saturated carbocycles. The zero-order chi connectivity index (χ0) is 22.6. The summed E-state index contributed by atoms with van der Waals surface area (Å²) >= 11 is 0. The quantitative estimate of drug-likeness (QED) is 0.427. The molecule has 0 spiro atoms. The van der Waals surface area contributed by atoms with E-state index in [2.05, 4.69) is 16.0 Å². The van der Waals surface area contributed by atoms with Gasteiger partial charge in [-0.25, -0.2) is 0 Å². The van der Waals surface area contributed by atoms with E-state index in [-0.39, 0.29) is 5.91 Å². The van der Waals surface area contributed by atoms with Crippen molar-refractivity contribution in [3.05, 3.63) is 102 Å². The lowest BCUT2D eigenvalue weighted by Crippen LogP contribution is -2.36. The van der Waals surface area contributed by atoms with Gasteiger partial charge >= 0.3 is 0 Å². The monoisotopic (exact) mass is 434 g/mol. The van der Waals surface area contributed by atoms with Crippen molar-refractivity contribution in [3.8, 4) is 11.8 Å². The Kier molecular flexibility index (Phi) is 5.69. The number of nitriles is 1. The molecule has 4 aromatic rings. The number of fused-ring (bicyclic) bond motifs is 1. The molecule has 1 aliphatic heterocycles. The number of hydrogen-bond donors (Lipinski definition) is 0. The molecular formula is C27H22N4O2. The maximum Gasteiger partial charge on any atom is 0.223 e. The lowest BCUT2D eigenvalue weighted by molar-refractivity contribution is -0.131. The van der Waals surface area contributed by atoms with Crippen LogP contribution in [0.1, 0.15) is 41.7 Å². The number of carbonyl (C=O) groups excluding carboxylic acids is 1. The first-order chi connectivity index (χ1) is 16.2. The summed E-state index contributed by atoms with van der Waals surface area (Å²) in [5, 5.41) is 10.2. The van der Waals surface area contributed by atoms with E-state index in [1.165, 1.54) is 0 Å². The fraction of sp³-hybridized carbons (Fsp3) is 0.185. The third kappa shape index (κ3) is 4.13. The van der Waals surface area contributed by atoms with E-state index in [1.807, 2.05) is 47.4 Å². The highest BCUT2D eigenvalue weighted by Gasteiger charge is 2.38. The van der Waals surface area contributed by atoms with Crippen LogP contribution in [0.2, 0.25) is 0 Å². The third-order valence-electron chi connectivity index (χ3n) is 5.97. The maximum absolute atomic E-state index is 13.0. The van der Waals surface area contributed by atoms with Gasteiger partial charge in [-0.15, -0.1) is 0 Å². The molecule has 0 radical (unpaired) electrons. The summed E-state index contributed by atoms with van der Waals surface area (Å²) in [5.74, 6) is 0.720. The standard InChI is InChI=1S/C27H22N4O2/c28-17-19-10-12-22(13-11-19)33-27(21-7-2-14-29-18-21)26(31-16-4-9-24(31)32)23-8-1-5-20-6-3-15-30-25(20)23/h1-3,5-8,10-15,18,26-27H,4,9,16H2/t26-,27+/m1/s1. The number of hydrogen-bond acceptors (Lipinski definition) is 5. The second-order valence-electron chi connectivity index (χ2n) is 8.02. The number of aromatic nitrogens is 2. The third-order valence-corrected chi connectivity index (χ3v) is 5.97. The first-order valence-corrected chi connectivity index (χ1v) is 10.9. The van der Waals surface area contributed by atoms with Gasteiger partial charge in [-0.05, 0) is 42.8 Å². The molecule has 2 aromatic heterocycles. The summed E-state index contributed by atoms with van der Waals surface area (Å²) in [6.45, 7) is 0.653. The number of pyridine rings is 2. The Hall–Kier alpha value is -4.24. The van der Waals surface area contributed by atoms with Crippen molar-refractivity contribution >= 4 is 16.8 Å². The average Bonchev–Trinajstić information content (AvgIpc) is 3.30. The predicted molar refractivity (Wildman–Crippen MR) is 124 cm³/mol. The van der Waals surface area contributed by atoms with Gasteiger partial charge in [0.25, 0.3) is 0 Å². The molecule has 3 heterocycles. The van der Waals surface area contributed by atoms with Gasteiger partial charge < -0.3 is 9.64 Å². The Balaban J connectivity index is 1.67. The number of rotatable bonds is 6. The molecule has 5 rings (SSSR count). The van der Waals surface area contributed by atoms with Crippen molar-refractivity contribution in [1.82, 2.24) is 14.9 Å². The van der Waals surface area contributed by atoms with Crippen molar-refractivity contribution in [2.24, 2.45) is 0 Å². The summed E-state index contributed by atoms with van der Waals surface area (Å²) in [7, 11) is 0. The molecule has 0 bridgehead atoms. The molecule has 0 N–H and O–H groups in total. The Bertz CT molecular complexity index is 1310. The van der Waals surface area contributed by atoms with Crippen LogP contribution in [-0.2, 0) is 4.79 Å². The van der Waals surface area contributed by atoms with E-state index in [1.54, 1.807) is 42.9 Å². The molecule has 0 unspecified atom stereocenters. The summed E-state index contributed by atoms with van der Waals surface area (Å²) < 4.78 is 6.56. The Labute approximate surface area is 192 Å². The van der Waals surface area contributed by atoms with Crippen LogP contribution in [0.3, 0.4) is 0 Å². The van der Waals surface area contributed by atoms with Gasteiger partial charge in [-0.3, -0.25) is 14.8 Å². The molecule has 2 atom stereocenters. The van der Waals surface area contributed by atoms with Crippen LogP contribution in [-0.4, -0.2) is 27.3 Å². The zero-order valence-corrected chi connectivity index (χ0v) is 18.0. The molecule has 1 amide bonds. The van der Waals surface area contributed by atoms with Crippen LogP contribution in [0.25, 0.3) is 10.9 Å². The summed E-state index contributed by atoms with van der Waals surface area (Å²) in [4.78, 5) is 23.9. The minimum Gasteiger partial charge on any atom is -0.483 e. The minimum atomic E-state index is -0.513. The molecule has 162 valence electrons. The highest BCUT2D eigenvalue weighted by atomic mass is 16.5. The van der Waals surface area contributed by atoms with Crippen LogP contribution in [0, 0.1) is 11.3 Å². The average molecular weight is 434 g/mol. The molecule has 1 aliphatic rings. The van der Waals surface area contributed by atoms with Gasteiger partial charge in [0.15, 0.2) is 0 Å². The van der Waals surface area contributed by atoms with Crippen LogP contribution in [0.4, 0.5) is 0 Å². The Morgan fingerprint density at radius 1 is 1.00 bits per heavy atom. The minimum absolute atomic E-state index is 0.102. The summed E-state index contributed by atoms with van der Waals surface area (Å²) in [6.07, 6.45) is 6.09. The molecule has 2 aromatic carbocycles. The molecule has 1 saturated heterocycles. The first kappa shape index (κ1) is 20.7. The fourth-order valence-electron chi connectivity index (χ4n) is 4.44. The molecule has 6 heteroatoms. The maximum atomic E-state index is 13.0. The predicted octanol–water partition coefficient (Wildman–Crippen LogP) is 4.99. The van der Waals surface area contributed by atoms with Gasteiger partial charge in [0, 0.05) is 48.1 Å². The van der Waals surface area contributed by atoms with Crippen molar-refractivity contribution in [3.63, 3.8) is 0 Å². The Morgan fingerprint density at radius 2 is 1.82 bits per heavy atom. The molecular weight excluding hydrogens is 412 g/mol. The van der Waals surface area contributed by atoms with Crippen molar-refractivity contribution < 1.29 is 9.53 Å². The van der Waals surface area contributed by atoms with Gasteiger partial charge in [0.1, 0.15) is 17.9 Å². The molecule has 6 nitrogen and oxygen atoms in total. The van der Waals surface area contributed by atoms with E-state index < -0.39 is 12.1 Å². The number of para-hydroxylation sites is 1. The number of ether oxygens (including phenoxy) is 1.